The van der Waals surface area contributed by atoms with Crippen LogP contribution in [0.5, 0.6) is 5.75 Å². The Balaban J connectivity index is 1.90. The minimum Gasteiger partial charge on any atom is -0.493 e. The zero-order valence-electron chi connectivity index (χ0n) is 10.0. The van der Waals surface area contributed by atoms with Crippen LogP contribution in [0.3, 0.4) is 0 Å². The van der Waals surface area contributed by atoms with Crippen LogP contribution >= 0.6 is 0 Å². The molecular weight excluding hydrogens is 216 g/mol. The minimum absolute atomic E-state index is 0.0834. The molecule has 0 aliphatic heterocycles. The molecule has 0 amide bonds. The molecule has 4 heteroatoms. The van der Waals surface area contributed by atoms with E-state index in [1.165, 1.54) is 5.56 Å². The average Bonchev–Trinajstić information content (AvgIpc) is 3.07. The largest absolute Gasteiger partial charge is 0.493 e. The predicted octanol–water partition coefficient (Wildman–Crippen LogP) is 2.29. The minimum atomic E-state index is 0.0834. The molecule has 17 heavy (non-hydrogen) atoms. The molecule has 1 aromatic rings. The van der Waals surface area contributed by atoms with Crippen LogP contribution in [0.15, 0.2) is 29.4 Å². The number of oxime groups is 1. The summed E-state index contributed by atoms with van der Waals surface area (Å²) in [6.45, 7) is 2.67. The maximum Gasteiger partial charge on any atom is 0.139 e. The molecule has 1 aromatic carbocycles. The van der Waals surface area contributed by atoms with Crippen molar-refractivity contribution in [2.75, 3.05) is 6.61 Å². The molecule has 0 unspecified atom stereocenters. The van der Waals surface area contributed by atoms with Crippen molar-refractivity contribution in [1.29, 1.82) is 0 Å². The van der Waals surface area contributed by atoms with E-state index in [9.17, 15) is 0 Å². The van der Waals surface area contributed by atoms with Crippen LogP contribution < -0.4 is 10.5 Å². The summed E-state index contributed by atoms with van der Waals surface area (Å²) in [7, 11) is 0. The van der Waals surface area contributed by atoms with Crippen molar-refractivity contribution in [3.05, 3.63) is 29.8 Å². The van der Waals surface area contributed by atoms with E-state index in [1.54, 1.807) is 0 Å². The highest BCUT2D eigenvalue weighted by atomic mass is 16.5. The third-order valence-electron chi connectivity index (χ3n) is 3.18. The molecule has 0 atom stereocenters. The lowest BCUT2D eigenvalue weighted by molar-refractivity contribution is 0.236. The molecule has 0 spiro atoms. The van der Waals surface area contributed by atoms with Crippen LogP contribution in [0.2, 0.25) is 0 Å². The molecule has 0 aromatic heterocycles. The lowest BCUT2D eigenvalue weighted by atomic mass is 10.0. The Labute approximate surface area is 101 Å². The number of rotatable bonds is 5. The van der Waals surface area contributed by atoms with E-state index in [0.717, 1.165) is 18.6 Å². The Morgan fingerprint density at radius 2 is 2.29 bits per heavy atom. The molecule has 1 fully saturated rings. The van der Waals surface area contributed by atoms with Crippen molar-refractivity contribution in [2.45, 2.75) is 26.2 Å². The molecule has 3 N–H and O–H groups in total. The van der Waals surface area contributed by atoms with E-state index in [0.29, 0.717) is 13.0 Å². The third kappa shape index (κ3) is 3.12. The Morgan fingerprint density at radius 1 is 1.53 bits per heavy atom. The number of amidine groups is 1. The smallest absolute Gasteiger partial charge is 0.139 e. The van der Waals surface area contributed by atoms with Gasteiger partial charge in [-0.2, -0.15) is 0 Å². The number of ether oxygens (including phenoxy) is 1. The van der Waals surface area contributed by atoms with Crippen molar-refractivity contribution in [1.82, 2.24) is 0 Å². The highest BCUT2D eigenvalue weighted by molar-refractivity contribution is 5.80. The van der Waals surface area contributed by atoms with Crippen LogP contribution in [-0.4, -0.2) is 17.6 Å². The van der Waals surface area contributed by atoms with Gasteiger partial charge in [-0.05, 0) is 37.5 Å². The van der Waals surface area contributed by atoms with Gasteiger partial charge in [0.25, 0.3) is 0 Å². The number of nitrogens with zero attached hydrogens (tertiary/aromatic N) is 1. The maximum absolute atomic E-state index is 8.57. The SMILES string of the molecule is Cc1cccc(OCC2(CC(N)=NO)CC2)c1. The second-order valence-electron chi connectivity index (χ2n) is 4.87. The molecule has 92 valence electrons. The van der Waals surface area contributed by atoms with Gasteiger partial charge in [-0.3, -0.25) is 0 Å². The van der Waals surface area contributed by atoms with Gasteiger partial charge in [0.1, 0.15) is 11.6 Å². The fourth-order valence-electron chi connectivity index (χ4n) is 1.91. The quantitative estimate of drug-likeness (QED) is 0.355. The van der Waals surface area contributed by atoms with Crippen molar-refractivity contribution < 1.29 is 9.94 Å². The van der Waals surface area contributed by atoms with Crippen molar-refractivity contribution in [3.8, 4) is 5.75 Å². The standard InChI is InChI=1S/C13H18N2O2/c1-10-3-2-4-11(7-10)17-9-13(5-6-13)8-12(14)15-16/h2-4,7,16H,5-6,8-9H2,1H3,(H2,14,15). The van der Waals surface area contributed by atoms with Crippen molar-refractivity contribution in [2.24, 2.45) is 16.3 Å². The molecule has 0 radical (unpaired) electrons. The first-order valence-electron chi connectivity index (χ1n) is 5.79. The molecule has 1 aliphatic carbocycles. The maximum atomic E-state index is 8.57. The van der Waals surface area contributed by atoms with Crippen LogP contribution in [0.25, 0.3) is 0 Å². The summed E-state index contributed by atoms with van der Waals surface area (Å²) in [5.74, 6) is 1.17. The number of aryl methyl sites for hydroxylation is 1. The molecular formula is C13H18N2O2. The first-order valence-corrected chi connectivity index (χ1v) is 5.79. The lowest BCUT2D eigenvalue weighted by Gasteiger charge is -2.15. The van der Waals surface area contributed by atoms with Crippen LogP contribution in [0.4, 0.5) is 0 Å². The van der Waals surface area contributed by atoms with Gasteiger partial charge in [0.15, 0.2) is 0 Å². The van der Waals surface area contributed by atoms with Gasteiger partial charge < -0.3 is 15.7 Å². The van der Waals surface area contributed by atoms with E-state index >= 15 is 0 Å². The first kappa shape index (κ1) is 11.8. The topological polar surface area (TPSA) is 67.8 Å². The summed E-state index contributed by atoms with van der Waals surface area (Å²) >= 11 is 0. The monoisotopic (exact) mass is 234 g/mol. The predicted molar refractivity (Wildman–Crippen MR) is 66.4 cm³/mol. The number of nitrogens with two attached hydrogens (primary N) is 1. The van der Waals surface area contributed by atoms with Crippen molar-refractivity contribution in [3.63, 3.8) is 0 Å². The number of hydrogen-bond acceptors (Lipinski definition) is 3. The second-order valence-corrected chi connectivity index (χ2v) is 4.87. The highest BCUT2D eigenvalue weighted by Crippen LogP contribution is 2.48. The summed E-state index contributed by atoms with van der Waals surface area (Å²) < 4.78 is 5.77. The van der Waals surface area contributed by atoms with E-state index in [-0.39, 0.29) is 11.3 Å². The van der Waals surface area contributed by atoms with Gasteiger partial charge >= 0.3 is 0 Å². The Kier molecular flexibility index (Phi) is 3.22. The van der Waals surface area contributed by atoms with Crippen LogP contribution in [-0.2, 0) is 0 Å². The third-order valence-corrected chi connectivity index (χ3v) is 3.18. The highest BCUT2D eigenvalue weighted by Gasteiger charge is 2.44. The Morgan fingerprint density at radius 3 is 2.88 bits per heavy atom. The molecule has 0 bridgehead atoms. The molecule has 1 saturated carbocycles. The fraction of sp³-hybridized carbons (Fsp3) is 0.462. The van der Waals surface area contributed by atoms with E-state index in [1.807, 2.05) is 31.2 Å². The van der Waals surface area contributed by atoms with E-state index in [2.05, 4.69) is 5.16 Å². The van der Waals surface area contributed by atoms with Crippen LogP contribution in [0, 0.1) is 12.3 Å². The average molecular weight is 234 g/mol. The lowest BCUT2D eigenvalue weighted by Crippen LogP contribution is -2.22. The summed E-state index contributed by atoms with van der Waals surface area (Å²) in [6.07, 6.45) is 2.76. The molecule has 2 rings (SSSR count). The zero-order valence-corrected chi connectivity index (χ0v) is 10.0. The van der Waals surface area contributed by atoms with Gasteiger partial charge in [0.05, 0.1) is 6.61 Å². The van der Waals surface area contributed by atoms with Gasteiger partial charge in [-0.1, -0.05) is 17.3 Å². The summed E-state index contributed by atoms with van der Waals surface area (Å²) in [6, 6.07) is 7.98. The summed E-state index contributed by atoms with van der Waals surface area (Å²) in [5.41, 5.74) is 6.80. The second kappa shape index (κ2) is 4.65. The Bertz CT molecular complexity index is 425. The molecule has 1 aliphatic rings. The van der Waals surface area contributed by atoms with Gasteiger partial charge in [-0.15, -0.1) is 0 Å². The molecule has 0 heterocycles. The number of hydrogen-bond donors (Lipinski definition) is 2. The van der Waals surface area contributed by atoms with Gasteiger partial charge in [0.2, 0.25) is 0 Å². The van der Waals surface area contributed by atoms with Crippen LogP contribution in [0.1, 0.15) is 24.8 Å². The van der Waals surface area contributed by atoms with Crippen molar-refractivity contribution >= 4 is 5.84 Å². The normalized spacial score (nSPS) is 17.8. The zero-order chi connectivity index (χ0) is 12.3. The Hall–Kier alpha value is -1.71. The van der Waals surface area contributed by atoms with E-state index < -0.39 is 0 Å². The van der Waals surface area contributed by atoms with Gasteiger partial charge in [-0.25, -0.2) is 0 Å². The number of benzene rings is 1. The summed E-state index contributed by atoms with van der Waals surface area (Å²) in [4.78, 5) is 0. The summed E-state index contributed by atoms with van der Waals surface area (Å²) in [5, 5.41) is 11.6. The van der Waals surface area contributed by atoms with E-state index in [4.69, 9.17) is 15.7 Å². The van der Waals surface area contributed by atoms with Gasteiger partial charge in [0, 0.05) is 11.8 Å². The molecule has 0 saturated heterocycles. The molecule has 4 nitrogen and oxygen atoms in total. The fourth-order valence-corrected chi connectivity index (χ4v) is 1.91. The first-order chi connectivity index (χ1) is 8.13.